The summed E-state index contributed by atoms with van der Waals surface area (Å²) >= 11 is 12.8. The summed E-state index contributed by atoms with van der Waals surface area (Å²) in [4.78, 5) is 23.5. The van der Waals surface area contributed by atoms with Crippen molar-refractivity contribution in [1.82, 2.24) is 0 Å². The van der Waals surface area contributed by atoms with E-state index in [1.807, 2.05) is 0 Å². The van der Waals surface area contributed by atoms with Crippen LogP contribution in [0.15, 0.2) is 30.3 Å². The maximum absolute atomic E-state index is 12.0. The average molecular weight is 344 g/mol. The van der Waals surface area contributed by atoms with Crippen LogP contribution in [0, 0.1) is 0 Å². The number of benzene rings is 1. The molecule has 0 radical (unpaired) electrons. The number of amides is 1. The summed E-state index contributed by atoms with van der Waals surface area (Å²) in [5, 5.41) is 2.68. The fourth-order valence-electron chi connectivity index (χ4n) is 1.60. The molecule has 21 heavy (non-hydrogen) atoms. The third-order valence-corrected chi connectivity index (χ3v) is 4.04. The summed E-state index contributed by atoms with van der Waals surface area (Å²) in [7, 11) is 0. The number of nitrogens with one attached hydrogen (secondary N) is 1. The van der Waals surface area contributed by atoms with Crippen molar-refractivity contribution in [3.8, 4) is 0 Å². The van der Waals surface area contributed by atoms with Gasteiger partial charge in [-0.3, -0.25) is 4.79 Å². The van der Waals surface area contributed by atoms with Crippen LogP contribution in [0.4, 0.5) is 5.69 Å². The van der Waals surface area contributed by atoms with Crippen LogP contribution in [-0.4, -0.2) is 18.5 Å². The predicted octanol–water partition coefficient (Wildman–Crippen LogP) is 4.48. The fourth-order valence-corrected chi connectivity index (χ4v) is 3.06. The van der Waals surface area contributed by atoms with Crippen molar-refractivity contribution in [2.45, 2.75) is 6.92 Å². The number of anilines is 1. The molecule has 1 amide bonds. The number of halogens is 2. The first kappa shape index (κ1) is 15.8. The van der Waals surface area contributed by atoms with Gasteiger partial charge in [0.2, 0.25) is 0 Å². The molecule has 0 aliphatic heterocycles. The molecular formula is C14H11Cl2NO3S. The highest BCUT2D eigenvalue weighted by Gasteiger charge is 2.14. The zero-order valence-electron chi connectivity index (χ0n) is 11.0. The number of ether oxygens (including phenoxy) is 1. The molecule has 4 nitrogen and oxygen atoms in total. The topological polar surface area (TPSA) is 55.4 Å². The standard InChI is InChI=1S/C14H11Cl2NO3S/c1-2-20-14(19)8-3-5-9(6-4-8)17-13(18)10-7-11(15)21-12(10)16/h3-7H,2H2,1H3,(H,17,18). The molecule has 0 bridgehead atoms. The van der Waals surface area contributed by atoms with Crippen molar-refractivity contribution in [2.24, 2.45) is 0 Å². The van der Waals surface area contributed by atoms with Crippen molar-refractivity contribution in [3.05, 3.63) is 50.1 Å². The number of esters is 1. The zero-order valence-corrected chi connectivity index (χ0v) is 13.3. The molecule has 0 saturated carbocycles. The summed E-state index contributed by atoms with van der Waals surface area (Å²) in [5.41, 5.74) is 1.29. The Hall–Kier alpha value is -1.56. The fraction of sp³-hybridized carbons (Fsp3) is 0.143. The first-order valence-corrected chi connectivity index (χ1v) is 7.62. The molecule has 1 aromatic heterocycles. The second kappa shape index (κ2) is 6.93. The molecule has 0 spiro atoms. The largest absolute Gasteiger partial charge is 0.462 e. The lowest BCUT2D eigenvalue weighted by Crippen LogP contribution is -2.11. The lowest BCUT2D eigenvalue weighted by Gasteiger charge is -2.06. The van der Waals surface area contributed by atoms with E-state index in [1.165, 1.54) is 6.07 Å². The summed E-state index contributed by atoms with van der Waals surface area (Å²) < 4.78 is 5.66. The van der Waals surface area contributed by atoms with Gasteiger partial charge in [-0.15, -0.1) is 11.3 Å². The molecule has 0 saturated heterocycles. The van der Waals surface area contributed by atoms with E-state index in [-0.39, 0.29) is 5.91 Å². The van der Waals surface area contributed by atoms with Crippen LogP contribution < -0.4 is 5.32 Å². The van der Waals surface area contributed by atoms with Gasteiger partial charge in [0.25, 0.3) is 5.91 Å². The minimum Gasteiger partial charge on any atom is -0.462 e. The van der Waals surface area contributed by atoms with E-state index in [4.69, 9.17) is 27.9 Å². The third kappa shape index (κ3) is 3.97. The quantitative estimate of drug-likeness (QED) is 0.832. The van der Waals surface area contributed by atoms with Gasteiger partial charge in [0.05, 0.1) is 22.1 Å². The maximum atomic E-state index is 12.0. The van der Waals surface area contributed by atoms with Crippen molar-refractivity contribution in [3.63, 3.8) is 0 Å². The summed E-state index contributed by atoms with van der Waals surface area (Å²) in [6, 6.07) is 7.90. The smallest absolute Gasteiger partial charge is 0.338 e. The number of thiophene rings is 1. The average Bonchev–Trinajstić information content (AvgIpc) is 2.79. The highest BCUT2D eigenvalue weighted by molar-refractivity contribution is 7.20. The Kier molecular flexibility index (Phi) is 5.22. The molecular weight excluding hydrogens is 333 g/mol. The van der Waals surface area contributed by atoms with Crippen LogP contribution in [0.5, 0.6) is 0 Å². The Morgan fingerprint density at radius 3 is 2.43 bits per heavy atom. The lowest BCUT2D eigenvalue weighted by atomic mass is 10.2. The van der Waals surface area contributed by atoms with Crippen molar-refractivity contribution >= 4 is 52.1 Å². The van der Waals surface area contributed by atoms with Crippen LogP contribution in [0.1, 0.15) is 27.6 Å². The Labute approximate surface area is 135 Å². The lowest BCUT2D eigenvalue weighted by molar-refractivity contribution is 0.0526. The zero-order chi connectivity index (χ0) is 15.4. The minimum atomic E-state index is -0.400. The second-order valence-corrected chi connectivity index (χ2v) is 6.28. The van der Waals surface area contributed by atoms with E-state index in [2.05, 4.69) is 5.32 Å². The Bertz CT molecular complexity index is 667. The Morgan fingerprint density at radius 2 is 1.90 bits per heavy atom. The van der Waals surface area contributed by atoms with E-state index < -0.39 is 5.97 Å². The number of rotatable bonds is 4. The monoisotopic (exact) mass is 343 g/mol. The Morgan fingerprint density at radius 1 is 1.24 bits per heavy atom. The molecule has 1 N–H and O–H groups in total. The maximum Gasteiger partial charge on any atom is 0.338 e. The van der Waals surface area contributed by atoms with Crippen molar-refractivity contribution in [1.29, 1.82) is 0 Å². The minimum absolute atomic E-state index is 0.314. The number of carbonyl (C=O) groups is 2. The van der Waals surface area contributed by atoms with Crippen LogP contribution in [-0.2, 0) is 4.74 Å². The highest BCUT2D eigenvalue weighted by atomic mass is 35.5. The first-order valence-electron chi connectivity index (χ1n) is 6.04. The molecule has 2 aromatic rings. The van der Waals surface area contributed by atoms with E-state index in [0.717, 1.165) is 11.3 Å². The van der Waals surface area contributed by atoms with Crippen LogP contribution >= 0.6 is 34.5 Å². The van der Waals surface area contributed by atoms with Crippen molar-refractivity contribution < 1.29 is 14.3 Å². The van der Waals surface area contributed by atoms with Gasteiger partial charge in [0.15, 0.2) is 0 Å². The summed E-state index contributed by atoms with van der Waals surface area (Å²) in [6.07, 6.45) is 0. The molecule has 0 aliphatic carbocycles. The van der Waals surface area contributed by atoms with Gasteiger partial charge >= 0.3 is 5.97 Å². The summed E-state index contributed by atoms with van der Waals surface area (Å²) in [6.45, 7) is 2.05. The molecule has 110 valence electrons. The van der Waals surface area contributed by atoms with Gasteiger partial charge in [-0.1, -0.05) is 23.2 Å². The van der Waals surface area contributed by atoms with Crippen LogP contribution in [0.3, 0.4) is 0 Å². The van der Waals surface area contributed by atoms with Gasteiger partial charge in [-0.25, -0.2) is 4.79 Å². The summed E-state index contributed by atoms with van der Waals surface area (Å²) in [5.74, 6) is -0.755. The van der Waals surface area contributed by atoms with E-state index in [1.54, 1.807) is 31.2 Å². The first-order chi connectivity index (χ1) is 10.0. The van der Waals surface area contributed by atoms with E-state index in [0.29, 0.717) is 32.1 Å². The molecule has 1 heterocycles. The molecule has 1 aromatic carbocycles. The number of hydrogen-bond donors (Lipinski definition) is 1. The van der Waals surface area contributed by atoms with E-state index in [9.17, 15) is 9.59 Å². The molecule has 0 fully saturated rings. The van der Waals surface area contributed by atoms with Gasteiger partial charge in [0.1, 0.15) is 4.34 Å². The van der Waals surface area contributed by atoms with E-state index >= 15 is 0 Å². The van der Waals surface area contributed by atoms with Gasteiger partial charge < -0.3 is 10.1 Å². The number of hydrogen-bond acceptors (Lipinski definition) is 4. The number of carbonyl (C=O) groups excluding carboxylic acids is 2. The molecule has 0 atom stereocenters. The van der Waals surface area contributed by atoms with Gasteiger partial charge in [0, 0.05) is 5.69 Å². The predicted molar refractivity (Wildman–Crippen MR) is 84.7 cm³/mol. The van der Waals surface area contributed by atoms with Gasteiger partial charge in [-0.2, -0.15) is 0 Å². The molecule has 0 unspecified atom stereocenters. The molecule has 0 aliphatic rings. The molecule has 2 rings (SSSR count). The van der Waals surface area contributed by atoms with Crippen LogP contribution in [0.2, 0.25) is 8.67 Å². The van der Waals surface area contributed by atoms with Crippen LogP contribution in [0.25, 0.3) is 0 Å². The Balaban J connectivity index is 2.08. The third-order valence-electron chi connectivity index (χ3n) is 2.56. The normalized spacial score (nSPS) is 10.2. The highest BCUT2D eigenvalue weighted by Crippen LogP contribution is 2.31. The van der Waals surface area contributed by atoms with Gasteiger partial charge in [-0.05, 0) is 37.3 Å². The molecule has 7 heteroatoms. The second-order valence-electron chi connectivity index (χ2n) is 3.99. The van der Waals surface area contributed by atoms with Crippen molar-refractivity contribution in [2.75, 3.05) is 11.9 Å². The SMILES string of the molecule is CCOC(=O)c1ccc(NC(=O)c2cc(Cl)sc2Cl)cc1.